The maximum atomic E-state index is 12.8. The van der Waals surface area contributed by atoms with Gasteiger partial charge in [0.1, 0.15) is 17.4 Å². The molecule has 0 aliphatic carbocycles. The van der Waals surface area contributed by atoms with Gasteiger partial charge in [-0.25, -0.2) is 14.3 Å². The molecule has 1 unspecified atom stereocenters. The van der Waals surface area contributed by atoms with Crippen LogP contribution in [0.3, 0.4) is 0 Å². The van der Waals surface area contributed by atoms with Gasteiger partial charge < -0.3 is 19.3 Å². The number of amides is 1. The smallest absolute Gasteiger partial charge is 0.435 e. The molecule has 0 bridgehead atoms. The molecule has 3 rings (SSSR count). The van der Waals surface area contributed by atoms with Crippen LogP contribution in [0.4, 0.5) is 4.79 Å². The predicted molar refractivity (Wildman–Crippen MR) is 101 cm³/mol. The zero-order valence-corrected chi connectivity index (χ0v) is 17.6. The van der Waals surface area contributed by atoms with E-state index < -0.39 is 30.4 Å². The zero-order chi connectivity index (χ0) is 21.8. The highest BCUT2D eigenvalue weighted by Gasteiger charge is 2.57. The van der Waals surface area contributed by atoms with Gasteiger partial charge in [-0.1, -0.05) is 0 Å². The summed E-state index contributed by atoms with van der Waals surface area (Å²) in [6.45, 7) is 5.19. The Labute approximate surface area is 176 Å². The first-order valence-electron chi connectivity index (χ1n) is 9.49. The number of β-lactam (4-membered cyclic amide) rings is 1. The third-order valence-electron chi connectivity index (χ3n) is 4.55. The Morgan fingerprint density at radius 2 is 2.10 bits per heavy atom. The summed E-state index contributed by atoms with van der Waals surface area (Å²) in [5, 5.41) is 20.5. The molecular weight excluding hydrogens is 418 g/mol. The molecule has 1 fully saturated rings. The quantitative estimate of drug-likeness (QED) is 0.327. The molecule has 164 valence electrons. The molecule has 1 amide bonds. The zero-order valence-electron chi connectivity index (χ0n) is 16.8. The fraction of sp³-hybridized carbons (Fsp3) is 0.647. The molecule has 1 aromatic heterocycles. The van der Waals surface area contributed by atoms with Gasteiger partial charge in [0, 0.05) is 18.4 Å². The van der Waals surface area contributed by atoms with Crippen molar-refractivity contribution in [2.45, 2.75) is 57.9 Å². The second kappa shape index (κ2) is 9.43. The molecule has 0 saturated carbocycles. The molecule has 1 N–H and O–H groups in total. The van der Waals surface area contributed by atoms with E-state index in [4.69, 9.17) is 9.47 Å². The van der Waals surface area contributed by atoms with E-state index in [1.54, 1.807) is 18.5 Å². The van der Waals surface area contributed by atoms with Crippen LogP contribution in [0, 0.1) is 5.92 Å². The summed E-state index contributed by atoms with van der Waals surface area (Å²) in [5.41, 5.74) is 0.114. The maximum absolute atomic E-state index is 12.8. The Hall–Kier alpha value is -2.67. The monoisotopic (exact) mass is 441 g/mol. The van der Waals surface area contributed by atoms with E-state index in [1.807, 2.05) is 0 Å². The van der Waals surface area contributed by atoms with Gasteiger partial charge in [0.15, 0.2) is 0 Å². The first-order valence-corrected chi connectivity index (χ1v) is 10.4. The number of fused-ring (bicyclic) bond motifs is 1. The minimum absolute atomic E-state index is 0.114. The summed E-state index contributed by atoms with van der Waals surface area (Å²) in [6.07, 6.45) is -0.405. The Bertz CT molecular complexity index is 828. The standard InChI is InChI=1S/C17H23N5O7S/c1-4-27-17(26)29-10(3)28-16(25)13-11(6-5-7-21-8-18-19-20-21)30-15-12(9(2)23)14(24)22(13)15/h8-10,12,15,23H,4-7H2,1-3H3/t9-,10?,12+,15-/m1/s1. The van der Waals surface area contributed by atoms with Crippen molar-refractivity contribution in [3.63, 3.8) is 0 Å². The van der Waals surface area contributed by atoms with Crippen molar-refractivity contribution < 1.29 is 33.7 Å². The van der Waals surface area contributed by atoms with Crippen LogP contribution in [0.5, 0.6) is 0 Å². The molecule has 1 saturated heterocycles. The van der Waals surface area contributed by atoms with Crippen LogP contribution in [0.2, 0.25) is 0 Å². The highest BCUT2D eigenvalue weighted by Crippen LogP contribution is 2.51. The van der Waals surface area contributed by atoms with Gasteiger partial charge in [0.05, 0.1) is 18.6 Å². The fourth-order valence-electron chi connectivity index (χ4n) is 3.22. The molecule has 0 spiro atoms. The lowest BCUT2D eigenvalue weighted by atomic mass is 9.92. The Kier molecular flexibility index (Phi) is 6.92. The molecule has 2 aliphatic rings. The van der Waals surface area contributed by atoms with Gasteiger partial charge in [-0.15, -0.1) is 16.9 Å². The molecule has 2 aliphatic heterocycles. The Balaban J connectivity index is 1.70. The van der Waals surface area contributed by atoms with E-state index in [2.05, 4.69) is 20.3 Å². The highest BCUT2D eigenvalue weighted by molar-refractivity contribution is 8.04. The molecule has 13 heteroatoms. The van der Waals surface area contributed by atoms with Crippen molar-refractivity contribution in [3.05, 3.63) is 16.9 Å². The van der Waals surface area contributed by atoms with E-state index in [-0.39, 0.29) is 23.6 Å². The minimum atomic E-state index is -1.19. The molecule has 4 atom stereocenters. The molecular formula is C17H23N5O7S. The average Bonchev–Trinajstić information content (AvgIpc) is 3.27. The van der Waals surface area contributed by atoms with E-state index in [0.717, 1.165) is 0 Å². The number of hydrogen-bond acceptors (Lipinski definition) is 11. The van der Waals surface area contributed by atoms with Crippen LogP contribution >= 0.6 is 11.8 Å². The fourth-order valence-corrected chi connectivity index (χ4v) is 4.87. The topological polar surface area (TPSA) is 146 Å². The number of carbonyl (C=O) groups excluding carboxylic acids is 3. The van der Waals surface area contributed by atoms with Crippen molar-refractivity contribution in [2.75, 3.05) is 6.61 Å². The third-order valence-corrected chi connectivity index (χ3v) is 5.97. The number of ether oxygens (including phenoxy) is 3. The number of rotatable bonds is 9. The highest BCUT2D eigenvalue weighted by atomic mass is 32.2. The lowest BCUT2D eigenvalue weighted by molar-refractivity contribution is -0.171. The van der Waals surface area contributed by atoms with E-state index in [1.165, 1.54) is 29.9 Å². The van der Waals surface area contributed by atoms with E-state index >= 15 is 0 Å². The molecule has 1 aromatic rings. The number of esters is 1. The lowest BCUT2D eigenvalue weighted by Gasteiger charge is -2.43. The largest absolute Gasteiger partial charge is 0.511 e. The SMILES string of the molecule is CCOC(=O)OC(C)OC(=O)C1=C(CCCn2cnnn2)S[C@@H]2[C@@H]([C@@H](C)O)C(=O)N12. The second-order valence-corrected chi connectivity index (χ2v) is 7.92. The van der Waals surface area contributed by atoms with Gasteiger partial charge >= 0.3 is 12.1 Å². The van der Waals surface area contributed by atoms with Crippen molar-refractivity contribution in [1.82, 2.24) is 25.1 Å². The number of hydrogen-bond donors (Lipinski definition) is 1. The van der Waals surface area contributed by atoms with Crippen molar-refractivity contribution in [3.8, 4) is 0 Å². The number of aromatic nitrogens is 4. The number of aryl methyl sites for hydroxylation is 1. The number of tetrazole rings is 1. The Morgan fingerprint density at radius 1 is 1.33 bits per heavy atom. The van der Waals surface area contributed by atoms with Crippen molar-refractivity contribution in [2.24, 2.45) is 5.92 Å². The number of thioether (sulfide) groups is 1. The van der Waals surface area contributed by atoms with Gasteiger partial charge in [-0.05, 0) is 37.1 Å². The van der Waals surface area contributed by atoms with Gasteiger partial charge in [-0.2, -0.15) is 0 Å². The summed E-state index contributed by atoms with van der Waals surface area (Å²) < 4.78 is 16.3. The summed E-state index contributed by atoms with van der Waals surface area (Å²) >= 11 is 1.35. The molecule has 3 heterocycles. The maximum Gasteiger partial charge on any atom is 0.511 e. The van der Waals surface area contributed by atoms with Crippen LogP contribution in [0.25, 0.3) is 0 Å². The van der Waals surface area contributed by atoms with Crippen molar-refractivity contribution in [1.29, 1.82) is 0 Å². The van der Waals surface area contributed by atoms with Crippen LogP contribution in [0.15, 0.2) is 16.9 Å². The lowest BCUT2D eigenvalue weighted by Crippen LogP contribution is -2.60. The summed E-state index contributed by atoms with van der Waals surface area (Å²) in [6, 6.07) is 0. The third kappa shape index (κ3) is 4.56. The molecule has 30 heavy (non-hydrogen) atoms. The average molecular weight is 441 g/mol. The van der Waals surface area contributed by atoms with Crippen LogP contribution in [-0.4, -0.2) is 72.6 Å². The number of aliphatic hydroxyl groups is 1. The number of nitrogens with zero attached hydrogens (tertiary/aromatic N) is 5. The van der Waals surface area contributed by atoms with E-state index in [9.17, 15) is 19.5 Å². The van der Waals surface area contributed by atoms with E-state index in [0.29, 0.717) is 24.3 Å². The van der Waals surface area contributed by atoms with Crippen LogP contribution in [-0.2, 0) is 30.3 Å². The summed E-state index contributed by atoms with van der Waals surface area (Å²) in [5.74, 6) is -1.72. The second-order valence-electron chi connectivity index (χ2n) is 6.71. The first-order chi connectivity index (χ1) is 14.3. The van der Waals surface area contributed by atoms with Crippen LogP contribution in [0.1, 0.15) is 33.6 Å². The normalized spacial score (nSPS) is 22.3. The summed E-state index contributed by atoms with van der Waals surface area (Å²) in [4.78, 5) is 38.7. The predicted octanol–water partition coefficient (Wildman–Crippen LogP) is 0.639. The van der Waals surface area contributed by atoms with Crippen molar-refractivity contribution >= 4 is 29.8 Å². The number of carbonyl (C=O) groups is 3. The van der Waals surface area contributed by atoms with Gasteiger partial charge in [-0.3, -0.25) is 9.69 Å². The van der Waals surface area contributed by atoms with Gasteiger partial charge in [0.2, 0.25) is 12.2 Å². The molecule has 0 aromatic carbocycles. The van der Waals surface area contributed by atoms with Gasteiger partial charge in [0.25, 0.3) is 0 Å². The number of allylic oxidation sites excluding steroid dienone is 1. The molecule has 0 radical (unpaired) electrons. The minimum Gasteiger partial charge on any atom is -0.435 e. The first kappa shape index (κ1) is 22.0. The Morgan fingerprint density at radius 3 is 2.73 bits per heavy atom. The number of aliphatic hydroxyl groups excluding tert-OH is 1. The molecule has 12 nitrogen and oxygen atoms in total. The summed E-state index contributed by atoms with van der Waals surface area (Å²) in [7, 11) is 0. The van der Waals surface area contributed by atoms with Crippen LogP contribution < -0.4 is 0 Å².